The van der Waals surface area contributed by atoms with Gasteiger partial charge < -0.3 is 4.52 Å². The van der Waals surface area contributed by atoms with Gasteiger partial charge in [-0.15, -0.1) is 0 Å². The van der Waals surface area contributed by atoms with E-state index in [2.05, 4.69) is 20.3 Å². The molecular formula is C19H18N6O2. The van der Waals surface area contributed by atoms with Crippen molar-refractivity contribution < 1.29 is 9.32 Å². The number of carbonyl (C=O) groups excluding carboxylic acids is 1. The highest BCUT2D eigenvalue weighted by Gasteiger charge is 2.19. The first-order chi connectivity index (χ1) is 13.0. The zero-order valence-corrected chi connectivity index (χ0v) is 15.2. The third kappa shape index (κ3) is 3.41. The van der Waals surface area contributed by atoms with Gasteiger partial charge in [-0.3, -0.25) is 14.2 Å². The molecule has 0 N–H and O–H groups in total. The Balaban J connectivity index is 1.58. The predicted octanol–water partition coefficient (Wildman–Crippen LogP) is 2.56. The van der Waals surface area contributed by atoms with Crippen LogP contribution >= 0.6 is 0 Å². The van der Waals surface area contributed by atoms with E-state index >= 15 is 0 Å². The second-order valence-electron chi connectivity index (χ2n) is 6.44. The zero-order valence-electron chi connectivity index (χ0n) is 15.2. The number of rotatable bonds is 5. The first-order valence-electron chi connectivity index (χ1n) is 8.47. The summed E-state index contributed by atoms with van der Waals surface area (Å²) in [6, 6.07) is 9.84. The fourth-order valence-corrected chi connectivity index (χ4v) is 2.91. The molecule has 0 spiro atoms. The van der Waals surface area contributed by atoms with Crippen LogP contribution in [0.4, 0.5) is 0 Å². The van der Waals surface area contributed by atoms with Crippen LogP contribution in [-0.2, 0) is 13.6 Å². The Morgan fingerprint density at radius 3 is 2.78 bits per heavy atom. The molecule has 0 saturated heterocycles. The minimum atomic E-state index is -0.347. The number of hydrogen-bond donors (Lipinski definition) is 0. The average molecular weight is 362 g/mol. The first kappa shape index (κ1) is 16.9. The molecule has 0 fully saturated rings. The maximum Gasteiger partial charge on any atom is 0.299 e. The number of ketones is 1. The molecule has 136 valence electrons. The average Bonchev–Trinajstić information content (AvgIpc) is 3.36. The van der Waals surface area contributed by atoms with Gasteiger partial charge in [0.15, 0.2) is 0 Å². The molecule has 0 amide bonds. The highest BCUT2D eigenvalue weighted by atomic mass is 16.5. The van der Waals surface area contributed by atoms with Crippen molar-refractivity contribution >= 4 is 5.78 Å². The lowest BCUT2D eigenvalue weighted by molar-refractivity contribution is 0.0994. The Bertz CT molecular complexity index is 1120. The van der Waals surface area contributed by atoms with Crippen molar-refractivity contribution in [3.05, 3.63) is 71.1 Å². The predicted molar refractivity (Wildman–Crippen MR) is 97.2 cm³/mol. The lowest BCUT2D eigenvalue weighted by Gasteiger charge is -2.05. The standard InChI is InChI=1S/C19H18N6O2/c1-12-7-13(2)25(22-12)10-14-5-4-6-15(8-14)18-21-19(27-23-18)17(26)16-9-20-24(3)11-16/h4-9,11H,10H2,1-3H3. The summed E-state index contributed by atoms with van der Waals surface area (Å²) >= 11 is 0. The van der Waals surface area contributed by atoms with Crippen LogP contribution in [0.25, 0.3) is 11.4 Å². The second kappa shape index (κ2) is 6.64. The molecule has 3 heterocycles. The molecule has 0 aliphatic rings. The van der Waals surface area contributed by atoms with Crippen LogP contribution in [-0.4, -0.2) is 35.5 Å². The van der Waals surface area contributed by atoms with Crippen LogP contribution in [0.5, 0.6) is 0 Å². The summed E-state index contributed by atoms with van der Waals surface area (Å²) in [5.74, 6) is -0.0277. The lowest BCUT2D eigenvalue weighted by atomic mass is 10.1. The van der Waals surface area contributed by atoms with Crippen molar-refractivity contribution in [1.82, 2.24) is 29.7 Å². The van der Waals surface area contributed by atoms with Gasteiger partial charge in [0.1, 0.15) is 0 Å². The summed E-state index contributed by atoms with van der Waals surface area (Å²) in [4.78, 5) is 16.6. The van der Waals surface area contributed by atoms with E-state index in [9.17, 15) is 4.79 Å². The summed E-state index contributed by atoms with van der Waals surface area (Å²) in [5, 5.41) is 12.4. The van der Waals surface area contributed by atoms with Crippen LogP contribution in [0, 0.1) is 13.8 Å². The van der Waals surface area contributed by atoms with Gasteiger partial charge in [0.2, 0.25) is 5.82 Å². The van der Waals surface area contributed by atoms with Gasteiger partial charge >= 0.3 is 0 Å². The molecule has 8 nitrogen and oxygen atoms in total. The summed E-state index contributed by atoms with van der Waals surface area (Å²) in [6.07, 6.45) is 3.09. The Morgan fingerprint density at radius 2 is 2.07 bits per heavy atom. The Hall–Kier alpha value is -3.55. The first-order valence-corrected chi connectivity index (χ1v) is 8.47. The van der Waals surface area contributed by atoms with E-state index in [1.165, 1.54) is 6.20 Å². The van der Waals surface area contributed by atoms with Gasteiger partial charge in [-0.05, 0) is 31.5 Å². The zero-order chi connectivity index (χ0) is 19.0. The van der Waals surface area contributed by atoms with E-state index in [-0.39, 0.29) is 11.7 Å². The van der Waals surface area contributed by atoms with E-state index in [4.69, 9.17) is 4.52 Å². The molecule has 1 aromatic carbocycles. The molecule has 4 aromatic rings. The summed E-state index contributed by atoms with van der Waals surface area (Å²) in [5.41, 5.74) is 4.33. The van der Waals surface area contributed by atoms with Crippen molar-refractivity contribution in [3.63, 3.8) is 0 Å². The molecule has 0 atom stereocenters. The Morgan fingerprint density at radius 1 is 1.22 bits per heavy atom. The number of benzene rings is 1. The number of aryl methyl sites for hydroxylation is 3. The summed E-state index contributed by atoms with van der Waals surface area (Å²) in [7, 11) is 1.74. The highest BCUT2D eigenvalue weighted by Crippen LogP contribution is 2.19. The van der Waals surface area contributed by atoms with E-state index < -0.39 is 0 Å². The van der Waals surface area contributed by atoms with Crippen LogP contribution in [0.3, 0.4) is 0 Å². The van der Waals surface area contributed by atoms with Crippen LogP contribution < -0.4 is 0 Å². The monoisotopic (exact) mass is 362 g/mol. The fourth-order valence-electron chi connectivity index (χ4n) is 2.91. The number of carbonyl (C=O) groups is 1. The molecule has 0 radical (unpaired) electrons. The molecule has 8 heteroatoms. The molecule has 4 rings (SSSR count). The van der Waals surface area contributed by atoms with Crippen molar-refractivity contribution in [1.29, 1.82) is 0 Å². The maximum atomic E-state index is 12.4. The lowest BCUT2D eigenvalue weighted by Crippen LogP contribution is -2.04. The van der Waals surface area contributed by atoms with Crippen molar-refractivity contribution in [2.24, 2.45) is 7.05 Å². The molecule has 0 unspecified atom stereocenters. The molecule has 27 heavy (non-hydrogen) atoms. The Labute approximate surface area is 155 Å². The van der Waals surface area contributed by atoms with Crippen molar-refractivity contribution in [2.45, 2.75) is 20.4 Å². The Kier molecular flexibility index (Phi) is 4.15. The maximum absolute atomic E-state index is 12.4. The van der Waals surface area contributed by atoms with Gasteiger partial charge in [-0.25, -0.2) is 0 Å². The molecule has 0 saturated carbocycles. The second-order valence-corrected chi connectivity index (χ2v) is 6.44. The van der Waals surface area contributed by atoms with Gasteiger partial charge in [0.05, 0.1) is 24.0 Å². The minimum Gasteiger partial charge on any atom is -0.330 e. The summed E-state index contributed by atoms with van der Waals surface area (Å²) in [6.45, 7) is 4.65. The largest absolute Gasteiger partial charge is 0.330 e. The minimum absolute atomic E-state index is 0.0538. The van der Waals surface area contributed by atoms with E-state index in [1.807, 2.05) is 48.9 Å². The van der Waals surface area contributed by atoms with Gasteiger partial charge in [0, 0.05) is 24.5 Å². The van der Waals surface area contributed by atoms with Crippen LogP contribution in [0.15, 0.2) is 47.2 Å². The van der Waals surface area contributed by atoms with Crippen LogP contribution in [0.1, 0.15) is 33.2 Å². The van der Waals surface area contributed by atoms with Crippen LogP contribution in [0.2, 0.25) is 0 Å². The molecule has 0 aliphatic heterocycles. The molecule has 0 aliphatic carbocycles. The highest BCUT2D eigenvalue weighted by molar-refractivity contribution is 6.05. The molecular weight excluding hydrogens is 344 g/mol. The molecule has 0 bridgehead atoms. The van der Waals surface area contributed by atoms with E-state index in [0.717, 1.165) is 22.5 Å². The van der Waals surface area contributed by atoms with Gasteiger partial charge in [-0.2, -0.15) is 15.2 Å². The topological polar surface area (TPSA) is 91.6 Å². The number of hydrogen-bond acceptors (Lipinski definition) is 6. The SMILES string of the molecule is Cc1cc(C)n(Cc2cccc(-c3noc(C(=O)c4cnn(C)c4)n3)c2)n1. The third-order valence-electron chi connectivity index (χ3n) is 4.21. The van der Waals surface area contributed by atoms with Gasteiger partial charge in [-0.1, -0.05) is 23.4 Å². The van der Waals surface area contributed by atoms with E-state index in [1.54, 1.807) is 17.9 Å². The summed E-state index contributed by atoms with van der Waals surface area (Å²) < 4.78 is 8.65. The normalized spacial score (nSPS) is 11.1. The third-order valence-corrected chi connectivity index (χ3v) is 4.21. The number of nitrogens with zero attached hydrogens (tertiary/aromatic N) is 6. The fraction of sp³-hybridized carbons (Fsp3) is 0.211. The van der Waals surface area contributed by atoms with Crippen molar-refractivity contribution in [3.8, 4) is 11.4 Å². The quantitative estimate of drug-likeness (QED) is 0.507. The van der Waals surface area contributed by atoms with E-state index in [0.29, 0.717) is 17.9 Å². The van der Waals surface area contributed by atoms with Crippen molar-refractivity contribution in [2.75, 3.05) is 0 Å². The van der Waals surface area contributed by atoms with Gasteiger partial charge in [0.25, 0.3) is 11.7 Å². The number of aromatic nitrogens is 6. The molecule has 3 aromatic heterocycles. The smallest absolute Gasteiger partial charge is 0.299 e.